The number of benzene rings is 1. The quantitative estimate of drug-likeness (QED) is 0.508. The van der Waals surface area contributed by atoms with Crippen LogP contribution in [0.5, 0.6) is 0 Å². The van der Waals surface area contributed by atoms with E-state index in [4.69, 9.17) is 17.4 Å². The van der Waals surface area contributed by atoms with E-state index >= 15 is 0 Å². The molecule has 1 aromatic heterocycles. The maximum absolute atomic E-state index is 13.6. The predicted octanol–water partition coefficient (Wildman–Crippen LogP) is 2.67. The van der Waals surface area contributed by atoms with Gasteiger partial charge in [0, 0.05) is 7.05 Å². The summed E-state index contributed by atoms with van der Waals surface area (Å²) in [6.07, 6.45) is 1.45. The number of hydrogen-bond acceptors (Lipinski definition) is 3. The van der Waals surface area contributed by atoms with Crippen LogP contribution in [0.1, 0.15) is 17.3 Å². The molecule has 0 bridgehead atoms. The Kier molecular flexibility index (Phi) is 4.19. The zero-order chi connectivity index (χ0) is 14.2. The lowest BCUT2D eigenvalue weighted by Crippen LogP contribution is -2.31. The standard InChI is InChI=1S/C11H10BrClF2N4/c1-19-11(6(13)4-17-19)10(18-16)5-2-3-7(14)9(15)8(5)12/h2-4,10,18H,16H2,1H3. The minimum atomic E-state index is -0.976. The molecule has 0 aliphatic heterocycles. The lowest BCUT2D eigenvalue weighted by atomic mass is 10.0. The molecule has 8 heteroatoms. The van der Waals surface area contributed by atoms with Gasteiger partial charge in [0.25, 0.3) is 0 Å². The van der Waals surface area contributed by atoms with Gasteiger partial charge in [-0.15, -0.1) is 0 Å². The maximum atomic E-state index is 13.6. The lowest BCUT2D eigenvalue weighted by molar-refractivity contribution is 0.496. The zero-order valence-corrected chi connectivity index (χ0v) is 12.1. The van der Waals surface area contributed by atoms with E-state index in [2.05, 4.69) is 26.5 Å². The molecule has 0 aliphatic rings. The van der Waals surface area contributed by atoms with Gasteiger partial charge in [0.15, 0.2) is 11.6 Å². The van der Waals surface area contributed by atoms with Crippen LogP contribution in [0.15, 0.2) is 22.8 Å². The zero-order valence-electron chi connectivity index (χ0n) is 9.79. The first kappa shape index (κ1) is 14.4. The number of aromatic nitrogens is 2. The van der Waals surface area contributed by atoms with Crippen LogP contribution in [0, 0.1) is 11.6 Å². The third-order valence-corrected chi connectivity index (χ3v) is 3.85. The fourth-order valence-electron chi connectivity index (χ4n) is 1.82. The molecule has 0 saturated heterocycles. The SMILES string of the molecule is Cn1ncc(Cl)c1C(NN)c1ccc(F)c(F)c1Br. The molecule has 0 fully saturated rings. The van der Waals surface area contributed by atoms with Crippen molar-refractivity contribution in [1.29, 1.82) is 0 Å². The first-order chi connectivity index (χ1) is 8.97. The lowest BCUT2D eigenvalue weighted by Gasteiger charge is -2.19. The Morgan fingerprint density at radius 2 is 2.16 bits per heavy atom. The molecule has 2 rings (SSSR count). The molecule has 19 heavy (non-hydrogen) atoms. The summed E-state index contributed by atoms with van der Waals surface area (Å²) in [6, 6.07) is 1.84. The molecule has 0 radical (unpaired) electrons. The molecule has 102 valence electrons. The van der Waals surface area contributed by atoms with Crippen LogP contribution in [-0.4, -0.2) is 9.78 Å². The van der Waals surface area contributed by atoms with Crippen molar-refractivity contribution in [3.05, 3.63) is 50.7 Å². The van der Waals surface area contributed by atoms with Crippen molar-refractivity contribution in [2.45, 2.75) is 6.04 Å². The average Bonchev–Trinajstić information content (AvgIpc) is 2.71. The maximum Gasteiger partial charge on any atom is 0.173 e. The van der Waals surface area contributed by atoms with Crippen LogP contribution in [0.25, 0.3) is 0 Å². The van der Waals surface area contributed by atoms with Crippen LogP contribution in [0.4, 0.5) is 8.78 Å². The highest BCUT2D eigenvalue weighted by molar-refractivity contribution is 9.10. The van der Waals surface area contributed by atoms with Gasteiger partial charge in [-0.2, -0.15) is 5.10 Å². The monoisotopic (exact) mass is 350 g/mol. The number of hydrogen-bond donors (Lipinski definition) is 2. The van der Waals surface area contributed by atoms with E-state index in [0.717, 1.165) is 6.07 Å². The first-order valence-electron chi connectivity index (χ1n) is 5.24. The van der Waals surface area contributed by atoms with Crippen molar-refractivity contribution in [3.8, 4) is 0 Å². The minimum Gasteiger partial charge on any atom is -0.271 e. The second-order valence-corrected chi connectivity index (χ2v) is 5.07. The molecule has 4 nitrogen and oxygen atoms in total. The van der Waals surface area contributed by atoms with Crippen LogP contribution in [-0.2, 0) is 7.05 Å². The van der Waals surface area contributed by atoms with Gasteiger partial charge in [-0.1, -0.05) is 17.7 Å². The Labute approximate surface area is 121 Å². The third kappa shape index (κ3) is 2.51. The Morgan fingerprint density at radius 1 is 1.47 bits per heavy atom. The van der Waals surface area contributed by atoms with Crippen LogP contribution in [0.3, 0.4) is 0 Å². The summed E-state index contributed by atoms with van der Waals surface area (Å²) < 4.78 is 28.2. The second-order valence-electron chi connectivity index (χ2n) is 3.87. The van der Waals surface area contributed by atoms with Crippen molar-refractivity contribution >= 4 is 27.5 Å². The molecule has 3 N–H and O–H groups in total. The highest BCUT2D eigenvalue weighted by Crippen LogP contribution is 2.33. The first-order valence-corrected chi connectivity index (χ1v) is 6.41. The van der Waals surface area contributed by atoms with E-state index in [1.807, 2.05) is 0 Å². The molecule has 0 aliphatic carbocycles. The Hall–Kier alpha value is -1.02. The normalized spacial score (nSPS) is 12.7. The Balaban J connectivity index is 2.58. The molecule has 0 amide bonds. The summed E-state index contributed by atoms with van der Waals surface area (Å²) in [4.78, 5) is 0. The largest absolute Gasteiger partial charge is 0.271 e. The molecule has 2 aromatic rings. The average molecular weight is 352 g/mol. The number of nitrogens with one attached hydrogen (secondary N) is 1. The highest BCUT2D eigenvalue weighted by Gasteiger charge is 2.24. The van der Waals surface area contributed by atoms with Gasteiger partial charge in [-0.25, -0.2) is 14.2 Å². The molecule has 1 aromatic carbocycles. The summed E-state index contributed by atoms with van der Waals surface area (Å²) in [5.74, 6) is 3.59. The number of nitrogens with zero attached hydrogens (tertiary/aromatic N) is 2. The number of nitrogens with two attached hydrogens (primary N) is 1. The number of rotatable bonds is 3. The molecule has 0 saturated carbocycles. The van der Waals surface area contributed by atoms with Crippen LogP contribution >= 0.6 is 27.5 Å². The number of halogens is 4. The van der Waals surface area contributed by atoms with Gasteiger partial charge >= 0.3 is 0 Å². The van der Waals surface area contributed by atoms with Gasteiger partial charge in [-0.05, 0) is 27.6 Å². The van der Waals surface area contributed by atoms with Gasteiger partial charge in [0.1, 0.15) is 0 Å². The highest BCUT2D eigenvalue weighted by atomic mass is 79.9. The molecule has 1 unspecified atom stereocenters. The third-order valence-electron chi connectivity index (χ3n) is 2.75. The molecule has 1 atom stereocenters. The summed E-state index contributed by atoms with van der Waals surface area (Å²) in [5, 5.41) is 4.36. The van der Waals surface area contributed by atoms with Crippen LogP contribution in [0.2, 0.25) is 5.02 Å². The van der Waals surface area contributed by atoms with Crippen molar-refractivity contribution in [1.82, 2.24) is 15.2 Å². The molecule has 0 spiro atoms. The van der Waals surface area contributed by atoms with E-state index in [1.54, 1.807) is 7.05 Å². The fourth-order valence-corrected chi connectivity index (χ4v) is 2.65. The summed E-state index contributed by atoms with van der Waals surface area (Å²) in [7, 11) is 1.68. The van der Waals surface area contributed by atoms with E-state index in [9.17, 15) is 8.78 Å². The van der Waals surface area contributed by atoms with E-state index < -0.39 is 17.7 Å². The summed E-state index contributed by atoms with van der Waals surface area (Å²) in [6.45, 7) is 0. The Morgan fingerprint density at radius 3 is 2.68 bits per heavy atom. The number of hydrazine groups is 1. The van der Waals surface area contributed by atoms with Crippen molar-refractivity contribution in [2.75, 3.05) is 0 Å². The smallest absolute Gasteiger partial charge is 0.173 e. The summed E-state index contributed by atoms with van der Waals surface area (Å²) >= 11 is 9.05. The minimum absolute atomic E-state index is 0.00674. The molecular weight excluding hydrogens is 342 g/mol. The predicted molar refractivity (Wildman–Crippen MR) is 71.4 cm³/mol. The van der Waals surface area contributed by atoms with E-state index in [1.165, 1.54) is 16.9 Å². The van der Waals surface area contributed by atoms with Gasteiger partial charge in [0.2, 0.25) is 0 Å². The summed E-state index contributed by atoms with van der Waals surface area (Å²) in [5.41, 5.74) is 3.50. The fraction of sp³-hybridized carbons (Fsp3) is 0.182. The van der Waals surface area contributed by atoms with E-state index in [0.29, 0.717) is 16.3 Å². The topological polar surface area (TPSA) is 55.9 Å². The Bertz CT molecular complexity index is 597. The second kappa shape index (κ2) is 5.54. The van der Waals surface area contributed by atoms with Gasteiger partial charge in [0.05, 0.1) is 27.4 Å². The van der Waals surface area contributed by atoms with Crippen molar-refractivity contribution in [2.24, 2.45) is 12.9 Å². The molecular formula is C11H10BrClF2N4. The van der Waals surface area contributed by atoms with Crippen molar-refractivity contribution in [3.63, 3.8) is 0 Å². The number of aryl methyl sites for hydroxylation is 1. The van der Waals surface area contributed by atoms with E-state index in [-0.39, 0.29) is 4.47 Å². The van der Waals surface area contributed by atoms with Gasteiger partial charge in [-0.3, -0.25) is 10.5 Å². The van der Waals surface area contributed by atoms with Crippen molar-refractivity contribution < 1.29 is 8.78 Å². The molecule has 1 heterocycles. The van der Waals surface area contributed by atoms with Crippen LogP contribution < -0.4 is 11.3 Å². The van der Waals surface area contributed by atoms with Gasteiger partial charge < -0.3 is 0 Å².